The Balaban J connectivity index is 1.61. The maximum absolute atomic E-state index is 9.65. The quantitative estimate of drug-likeness (QED) is 0.592. The Labute approximate surface area is 149 Å². The molecular weight excluding hydrogens is 308 g/mol. The van der Waals surface area contributed by atoms with Gasteiger partial charge in [-0.25, -0.2) is 0 Å². The van der Waals surface area contributed by atoms with Crippen molar-refractivity contribution in [1.82, 2.24) is 4.98 Å². The lowest BCUT2D eigenvalue weighted by Crippen LogP contribution is -2.04. The van der Waals surface area contributed by atoms with Gasteiger partial charge in [-0.05, 0) is 55.0 Å². The summed E-state index contributed by atoms with van der Waals surface area (Å²) in [6.45, 7) is 7.33. The molecule has 0 spiro atoms. The lowest BCUT2D eigenvalue weighted by Gasteiger charge is -2.11. The number of rotatable bonds is 6. The van der Waals surface area contributed by atoms with E-state index in [0.717, 1.165) is 41.7 Å². The van der Waals surface area contributed by atoms with Crippen molar-refractivity contribution >= 4 is 16.6 Å². The monoisotopic (exact) mass is 334 g/mol. The van der Waals surface area contributed by atoms with Crippen LogP contribution in [0.5, 0.6) is 5.75 Å². The molecule has 0 aliphatic heterocycles. The molecule has 0 aliphatic rings. The van der Waals surface area contributed by atoms with Gasteiger partial charge in [-0.3, -0.25) is 4.98 Å². The highest BCUT2D eigenvalue weighted by molar-refractivity contribution is 5.92. The summed E-state index contributed by atoms with van der Waals surface area (Å²) in [5.74, 6) is 0.833. The first kappa shape index (κ1) is 17.3. The van der Waals surface area contributed by atoms with Gasteiger partial charge in [-0.1, -0.05) is 38.1 Å². The second-order valence-corrected chi connectivity index (χ2v) is 6.94. The van der Waals surface area contributed by atoms with Crippen LogP contribution in [0.2, 0.25) is 0 Å². The van der Waals surface area contributed by atoms with Gasteiger partial charge in [-0.2, -0.15) is 0 Å². The largest absolute Gasteiger partial charge is 0.508 e. The molecule has 0 saturated heterocycles. The summed E-state index contributed by atoms with van der Waals surface area (Å²) in [6, 6.07) is 16.4. The van der Waals surface area contributed by atoms with E-state index in [0.29, 0.717) is 5.92 Å². The minimum atomic E-state index is 0.251. The number of phenolic OH excluding ortho intramolecular Hbond substituents is 1. The third-order valence-corrected chi connectivity index (χ3v) is 4.53. The second-order valence-electron chi connectivity index (χ2n) is 6.94. The Hall–Kier alpha value is -2.55. The van der Waals surface area contributed by atoms with Gasteiger partial charge in [0.15, 0.2) is 0 Å². The van der Waals surface area contributed by atoms with Crippen LogP contribution in [0.3, 0.4) is 0 Å². The average Bonchev–Trinajstić information content (AvgIpc) is 2.58. The zero-order valence-corrected chi connectivity index (χ0v) is 15.2. The molecule has 0 saturated carbocycles. The van der Waals surface area contributed by atoms with Crippen molar-refractivity contribution in [3.8, 4) is 5.75 Å². The van der Waals surface area contributed by atoms with Crippen LogP contribution in [0, 0.1) is 6.92 Å². The molecule has 1 aromatic heterocycles. The number of nitrogens with one attached hydrogen (secondary N) is 1. The molecule has 0 fully saturated rings. The number of anilines is 1. The lowest BCUT2D eigenvalue weighted by molar-refractivity contribution is 0.476. The standard InChI is InChI=1S/C22H26N2O/c1-15(2)18-8-6-17(7-9-18)5-4-12-23-21-13-16(3)24-22-14-19(25)10-11-20(21)22/h6-11,13-15,25H,4-5,12H2,1-3H3,(H,23,24). The summed E-state index contributed by atoms with van der Waals surface area (Å²) in [5, 5.41) is 14.2. The van der Waals surface area contributed by atoms with Crippen molar-refractivity contribution in [2.24, 2.45) is 0 Å². The summed E-state index contributed by atoms with van der Waals surface area (Å²) in [7, 11) is 0. The molecule has 0 atom stereocenters. The second kappa shape index (κ2) is 7.56. The zero-order valence-electron chi connectivity index (χ0n) is 15.2. The van der Waals surface area contributed by atoms with Crippen molar-refractivity contribution < 1.29 is 5.11 Å². The van der Waals surface area contributed by atoms with Gasteiger partial charge in [0, 0.05) is 29.4 Å². The van der Waals surface area contributed by atoms with Crippen LogP contribution in [0.25, 0.3) is 10.9 Å². The molecular formula is C22H26N2O. The van der Waals surface area contributed by atoms with E-state index in [1.807, 2.05) is 13.0 Å². The highest BCUT2D eigenvalue weighted by Crippen LogP contribution is 2.26. The summed E-state index contributed by atoms with van der Waals surface area (Å²) in [4.78, 5) is 4.50. The molecule has 2 N–H and O–H groups in total. The van der Waals surface area contributed by atoms with Crippen LogP contribution in [0.1, 0.15) is 43.0 Å². The Bertz CT molecular complexity index is 849. The number of pyridine rings is 1. The first-order valence-electron chi connectivity index (χ1n) is 8.96. The van der Waals surface area contributed by atoms with Crippen molar-refractivity contribution in [2.75, 3.05) is 11.9 Å². The lowest BCUT2D eigenvalue weighted by atomic mass is 10.0. The first-order chi connectivity index (χ1) is 12.0. The van der Waals surface area contributed by atoms with Crippen LogP contribution in [-0.2, 0) is 6.42 Å². The van der Waals surface area contributed by atoms with Crippen LogP contribution in [-0.4, -0.2) is 16.6 Å². The third kappa shape index (κ3) is 4.30. The van der Waals surface area contributed by atoms with E-state index < -0.39 is 0 Å². The number of aromatic hydroxyl groups is 1. The molecule has 0 bridgehead atoms. The SMILES string of the molecule is Cc1cc(NCCCc2ccc(C(C)C)cc2)c2ccc(O)cc2n1. The molecule has 1 heterocycles. The van der Waals surface area contributed by atoms with Gasteiger partial charge in [-0.15, -0.1) is 0 Å². The molecule has 3 nitrogen and oxygen atoms in total. The highest BCUT2D eigenvalue weighted by atomic mass is 16.3. The van der Waals surface area contributed by atoms with Gasteiger partial charge in [0.25, 0.3) is 0 Å². The summed E-state index contributed by atoms with van der Waals surface area (Å²) in [5.41, 5.74) is 5.63. The number of aromatic nitrogens is 1. The molecule has 0 aliphatic carbocycles. The van der Waals surface area contributed by atoms with Crippen LogP contribution in [0.4, 0.5) is 5.69 Å². The molecule has 25 heavy (non-hydrogen) atoms. The summed E-state index contributed by atoms with van der Waals surface area (Å²) < 4.78 is 0. The minimum Gasteiger partial charge on any atom is -0.508 e. The van der Waals surface area contributed by atoms with E-state index in [-0.39, 0.29) is 5.75 Å². The van der Waals surface area contributed by atoms with Gasteiger partial charge < -0.3 is 10.4 Å². The number of benzene rings is 2. The summed E-state index contributed by atoms with van der Waals surface area (Å²) in [6.07, 6.45) is 2.14. The minimum absolute atomic E-state index is 0.251. The summed E-state index contributed by atoms with van der Waals surface area (Å²) >= 11 is 0. The smallest absolute Gasteiger partial charge is 0.117 e. The molecule has 0 unspecified atom stereocenters. The molecule has 130 valence electrons. The van der Waals surface area contributed by atoms with Crippen LogP contribution < -0.4 is 5.32 Å². The number of hydrogen-bond acceptors (Lipinski definition) is 3. The van der Waals surface area contributed by atoms with Crippen molar-refractivity contribution in [2.45, 2.75) is 39.5 Å². The normalized spacial score (nSPS) is 11.2. The molecule has 2 aromatic carbocycles. The van der Waals surface area contributed by atoms with E-state index in [2.05, 4.69) is 54.5 Å². The fourth-order valence-electron chi connectivity index (χ4n) is 3.08. The van der Waals surface area contributed by atoms with Crippen LogP contribution >= 0.6 is 0 Å². The predicted molar refractivity (Wildman–Crippen MR) is 105 cm³/mol. The van der Waals surface area contributed by atoms with Crippen molar-refractivity contribution in [1.29, 1.82) is 0 Å². The number of nitrogens with zero attached hydrogens (tertiary/aromatic N) is 1. The van der Waals surface area contributed by atoms with E-state index in [4.69, 9.17) is 0 Å². The third-order valence-electron chi connectivity index (χ3n) is 4.53. The van der Waals surface area contributed by atoms with Gasteiger partial charge >= 0.3 is 0 Å². The zero-order chi connectivity index (χ0) is 17.8. The van der Waals surface area contributed by atoms with Crippen molar-refractivity contribution in [3.05, 3.63) is 65.4 Å². The fourth-order valence-corrected chi connectivity index (χ4v) is 3.08. The van der Waals surface area contributed by atoms with E-state index in [9.17, 15) is 5.11 Å². The highest BCUT2D eigenvalue weighted by Gasteiger charge is 2.05. The number of fused-ring (bicyclic) bond motifs is 1. The van der Waals surface area contributed by atoms with E-state index in [1.54, 1.807) is 12.1 Å². The maximum atomic E-state index is 9.65. The maximum Gasteiger partial charge on any atom is 0.117 e. The molecule has 0 radical (unpaired) electrons. The Kier molecular flexibility index (Phi) is 5.22. The number of hydrogen-bond donors (Lipinski definition) is 2. The van der Waals surface area contributed by atoms with Crippen LogP contribution in [0.15, 0.2) is 48.5 Å². The first-order valence-corrected chi connectivity index (χ1v) is 8.96. The Morgan fingerprint density at radius 1 is 1.04 bits per heavy atom. The Morgan fingerprint density at radius 2 is 1.80 bits per heavy atom. The van der Waals surface area contributed by atoms with Gasteiger partial charge in [0.05, 0.1) is 5.52 Å². The Morgan fingerprint density at radius 3 is 2.52 bits per heavy atom. The molecule has 0 amide bonds. The van der Waals surface area contributed by atoms with E-state index >= 15 is 0 Å². The molecule has 3 rings (SSSR count). The van der Waals surface area contributed by atoms with Gasteiger partial charge in [0.2, 0.25) is 0 Å². The predicted octanol–water partition coefficient (Wildman–Crippen LogP) is 5.42. The fraction of sp³-hybridized carbons (Fsp3) is 0.318. The molecule has 3 heteroatoms. The van der Waals surface area contributed by atoms with E-state index in [1.165, 1.54) is 11.1 Å². The average molecular weight is 334 g/mol. The van der Waals surface area contributed by atoms with Gasteiger partial charge in [0.1, 0.15) is 5.75 Å². The number of phenols is 1. The van der Waals surface area contributed by atoms with Crippen molar-refractivity contribution in [3.63, 3.8) is 0 Å². The molecule has 3 aromatic rings. The topological polar surface area (TPSA) is 45.1 Å². The number of aryl methyl sites for hydroxylation is 2.